The Hall–Kier alpha value is -1.76. The molecule has 0 spiro atoms. The lowest BCUT2D eigenvalue weighted by atomic mass is 10.1. The van der Waals surface area contributed by atoms with Gasteiger partial charge in [0, 0.05) is 32.7 Å². The van der Waals surface area contributed by atoms with Crippen molar-refractivity contribution in [3.63, 3.8) is 0 Å². The molecule has 1 heterocycles. The molecule has 1 fully saturated rings. The predicted molar refractivity (Wildman–Crippen MR) is 116 cm³/mol. The number of carbonyl (C=O) groups is 1. The number of nitrogens with one attached hydrogen (secondary N) is 2. The maximum absolute atomic E-state index is 12.5. The number of alkyl halides is 3. The summed E-state index contributed by atoms with van der Waals surface area (Å²) in [6.07, 6.45) is -2.81. The lowest BCUT2D eigenvalue weighted by molar-refractivity contribution is -0.143. The van der Waals surface area contributed by atoms with Gasteiger partial charge in [0.1, 0.15) is 5.75 Å². The molecule has 0 saturated carbocycles. The van der Waals surface area contributed by atoms with Crippen LogP contribution in [0, 0.1) is 0 Å². The zero-order valence-corrected chi connectivity index (χ0v) is 18.5. The van der Waals surface area contributed by atoms with Crippen LogP contribution in [0.3, 0.4) is 0 Å². The van der Waals surface area contributed by atoms with Crippen LogP contribution in [0.5, 0.6) is 5.75 Å². The molecule has 1 aliphatic heterocycles. The Bertz CT molecular complexity index is 670. The molecule has 0 radical (unpaired) electrons. The normalized spacial score (nSPS) is 17.5. The molecule has 4 N–H and O–H groups in total. The van der Waals surface area contributed by atoms with E-state index in [4.69, 9.17) is 10.5 Å². The smallest absolute Gasteiger partial charge is 0.401 e. The minimum atomic E-state index is -4.17. The predicted octanol–water partition coefficient (Wildman–Crippen LogP) is 1.51. The number of aliphatic imine (C=N–C) groups is 1. The Morgan fingerprint density at radius 3 is 2.62 bits per heavy atom. The van der Waals surface area contributed by atoms with Gasteiger partial charge in [0.2, 0.25) is 0 Å². The van der Waals surface area contributed by atoms with Crippen molar-refractivity contribution in [1.82, 2.24) is 15.5 Å². The van der Waals surface area contributed by atoms with Gasteiger partial charge in [-0.2, -0.15) is 13.2 Å². The molecule has 11 heteroatoms. The number of carbonyl (C=O) groups excluding carboxylic acids is 1. The Kier molecular flexibility index (Phi) is 10.5. The van der Waals surface area contributed by atoms with E-state index in [1.165, 1.54) is 4.90 Å². The van der Waals surface area contributed by atoms with E-state index in [1.807, 2.05) is 12.1 Å². The van der Waals surface area contributed by atoms with Gasteiger partial charge < -0.3 is 21.1 Å². The van der Waals surface area contributed by atoms with Crippen molar-refractivity contribution in [2.24, 2.45) is 10.7 Å². The molecule has 29 heavy (non-hydrogen) atoms. The van der Waals surface area contributed by atoms with Gasteiger partial charge in [-0.05, 0) is 30.5 Å². The van der Waals surface area contributed by atoms with E-state index in [9.17, 15) is 18.0 Å². The molecule has 0 aromatic heterocycles. The lowest BCUT2D eigenvalue weighted by Crippen LogP contribution is -2.45. The van der Waals surface area contributed by atoms with Crippen molar-refractivity contribution in [2.75, 3.05) is 39.8 Å². The van der Waals surface area contributed by atoms with E-state index in [0.29, 0.717) is 37.8 Å². The second-order valence-corrected chi connectivity index (χ2v) is 6.63. The maximum atomic E-state index is 12.5. The molecule has 7 nitrogen and oxygen atoms in total. The Balaban J connectivity index is 0.00000420. The Morgan fingerprint density at radius 2 is 2.03 bits per heavy atom. The summed E-state index contributed by atoms with van der Waals surface area (Å²) in [6, 6.07) is 7.24. The molecule has 1 aliphatic rings. The highest BCUT2D eigenvalue weighted by Gasteiger charge is 2.34. The summed E-state index contributed by atoms with van der Waals surface area (Å²) in [5, 5.41) is 6.34. The summed E-state index contributed by atoms with van der Waals surface area (Å²) in [7, 11) is 1.63. The third-order valence-electron chi connectivity index (χ3n) is 4.25. The first-order chi connectivity index (χ1) is 13.2. The minimum absolute atomic E-state index is 0. The standard InChI is InChI=1S/C18H26F3N5O2.HI/c1-23-17(25-14-7-9-26(10-14)12-18(19,20)21)24-8-6-13-2-4-15(5-3-13)28-11-16(22)27;/h2-5,14H,6-12H2,1H3,(H2,22,27)(H2,23,24,25);1H. The number of nitrogens with zero attached hydrogens (tertiary/aromatic N) is 2. The number of ether oxygens (including phenoxy) is 1. The van der Waals surface area contributed by atoms with Crippen molar-refractivity contribution in [3.05, 3.63) is 29.8 Å². The number of rotatable bonds is 8. The molecule has 1 unspecified atom stereocenters. The van der Waals surface area contributed by atoms with Gasteiger partial charge in [-0.3, -0.25) is 14.7 Å². The third-order valence-corrected chi connectivity index (χ3v) is 4.25. The number of likely N-dealkylation sites (tertiary alicyclic amines) is 1. The molecule has 164 valence electrons. The van der Waals surface area contributed by atoms with Gasteiger partial charge in [0.05, 0.1) is 6.54 Å². The topological polar surface area (TPSA) is 92.0 Å². The maximum Gasteiger partial charge on any atom is 0.401 e. The fourth-order valence-electron chi connectivity index (χ4n) is 2.97. The average Bonchev–Trinajstić information content (AvgIpc) is 3.05. The van der Waals surface area contributed by atoms with Gasteiger partial charge >= 0.3 is 6.18 Å². The molecule has 2 rings (SSSR count). The van der Waals surface area contributed by atoms with Gasteiger partial charge in [0.25, 0.3) is 5.91 Å². The highest BCUT2D eigenvalue weighted by molar-refractivity contribution is 14.0. The number of guanidine groups is 1. The van der Waals surface area contributed by atoms with Crippen LogP contribution in [-0.2, 0) is 11.2 Å². The Morgan fingerprint density at radius 1 is 1.34 bits per heavy atom. The number of benzene rings is 1. The van der Waals surface area contributed by atoms with Crippen molar-refractivity contribution >= 4 is 35.8 Å². The van der Waals surface area contributed by atoms with Gasteiger partial charge in [-0.1, -0.05) is 12.1 Å². The number of halogens is 4. The van der Waals surface area contributed by atoms with Crippen LogP contribution >= 0.6 is 24.0 Å². The van der Waals surface area contributed by atoms with Crippen molar-refractivity contribution in [1.29, 1.82) is 0 Å². The summed E-state index contributed by atoms with van der Waals surface area (Å²) in [6.45, 7) is 0.326. The number of hydrogen-bond acceptors (Lipinski definition) is 4. The van der Waals surface area contributed by atoms with Crippen molar-refractivity contribution in [2.45, 2.75) is 25.1 Å². The first-order valence-electron chi connectivity index (χ1n) is 9.01. The van der Waals surface area contributed by atoms with Gasteiger partial charge in [0.15, 0.2) is 12.6 Å². The first kappa shape index (κ1) is 25.3. The van der Waals surface area contributed by atoms with Gasteiger partial charge in [-0.25, -0.2) is 0 Å². The SMILES string of the molecule is CN=C(NCCc1ccc(OCC(N)=O)cc1)NC1CCN(CC(F)(F)F)C1.I. The van der Waals surface area contributed by atoms with Crippen LogP contribution in [0.4, 0.5) is 13.2 Å². The van der Waals surface area contributed by atoms with E-state index in [2.05, 4.69) is 15.6 Å². The minimum Gasteiger partial charge on any atom is -0.484 e. The second kappa shape index (κ2) is 12.1. The average molecular weight is 529 g/mol. The number of primary amides is 1. The molecule has 1 aromatic carbocycles. The summed E-state index contributed by atoms with van der Waals surface area (Å²) in [5.41, 5.74) is 6.09. The van der Waals surface area contributed by atoms with Crippen LogP contribution in [0.2, 0.25) is 0 Å². The molecule has 0 aliphatic carbocycles. The van der Waals surface area contributed by atoms with Crippen LogP contribution in [0.1, 0.15) is 12.0 Å². The molecular formula is C18H27F3IN5O2. The van der Waals surface area contributed by atoms with E-state index in [1.54, 1.807) is 19.2 Å². The fraction of sp³-hybridized carbons (Fsp3) is 0.556. The summed E-state index contributed by atoms with van der Waals surface area (Å²) in [4.78, 5) is 16.2. The molecule has 1 saturated heterocycles. The van der Waals surface area contributed by atoms with E-state index in [-0.39, 0.29) is 36.6 Å². The number of nitrogens with two attached hydrogens (primary N) is 1. The summed E-state index contributed by atoms with van der Waals surface area (Å²) >= 11 is 0. The van der Waals surface area contributed by atoms with Crippen LogP contribution < -0.4 is 21.1 Å². The number of hydrogen-bond donors (Lipinski definition) is 3. The van der Waals surface area contributed by atoms with E-state index in [0.717, 1.165) is 12.0 Å². The van der Waals surface area contributed by atoms with Crippen LogP contribution in [-0.4, -0.2) is 68.8 Å². The monoisotopic (exact) mass is 529 g/mol. The fourth-order valence-corrected chi connectivity index (χ4v) is 2.97. The van der Waals surface area contributed by atoms with Crippen molar-refractivity contribution in [3.8, 4) is 5.75 Å². The zero-order chi connectivity index (χ0) is 20.6. The Labute approximate surface area is 185 Å². The summed E-state index contributed by atoms with van der Waals surface area (Å²) in [5.74, 6) is 0.605. The van der Waals surface area contributed by atoms with Crippen LogP contribution in [0.25, 0.3) is 0 Å². The lowest BCUT2D eigenvalue weighted by Gasteiger charge is -2.19. The summed E-state index contributed by atoms with van der Waals surface area (Å²) < 4.78 is 42.6. The molecule has 1 aromatic rings. The first-order valence-corrected chi connectivity index (χ1v) is 9.01. The zero-order valence-electron chi connectivity index (χ0n) is 16.2. The van der Waals surface area contributed by atoms with E-state index < -0.39 is 18.6 Å². The second-order valence-electron chi connectivity index (χ2n) is 6.63. The van der Waals surface area contributed by atoms with Crippen molar-refractivity contribution < 1.29 is 22.7 Å². The van der Waals surface area contributed by atoms with E-state index >= 15 is 0 Å². The molecule has 1 amide bonds. The third kappa shape index (κ3) is 10.0. The quantitative estimate of drug-likeness (QED) is 0.270. The highest BCUT2D eigenvalue weighted by atomic mass is 127. The largest absolute Gasteiger partial charge is 0.484 e. The molecular weight excluding hydrogens is 502 g/mol. The van der Waals surface area contributed by atoms with Crippen LogP contribution in [0.15, 0.2) is 29.3 Å². The highest BCUT2D eigenvalue weighted by Crippen LogP contribution is 2.19. The molecule has 1 atom stereocenters. The molecule has 0 bridgehead atoms. The van der Waals surface area contributed by atoms with Gasteiger partial charge in [-0.15, -0.1) is 24.0 Å². The number of amides is 1.